The number of hydrogen-bond donors (Lipinski definition) is 2. The highest BCUT2D eigenvalue weighted by Gasteiger charge is 2.15. The Hall–Kier alpha value is -2.15. The predicted molar refractivity (Wildman–Crippen MR) is 67.2 cm³/mol. The molecule has 0 atom stereocenters. The molecule has 0 saturated carbocycles. The van der Waals surface area contributed by atoms with Crippen molar-refractivity contribution in [3.63, 3.8) is 0 Å². The van der Waals surface area contributed by atoms with Crippen LogP contribution in [0, 0.1) is 6.92 Å². The van der Waals surface area contributed by atoms with E-state index in [2.05, 4.69) is 10.4 Å². The fourth-order valence-electron chi connectivity index (χ4n) is 1.47. The SMILES string of the molecule is Cc1cc(NC(=O)c2ccn(C)n2)sc1C(=O)O. The van der Waals surface area contributed by atoms with E-state index in [1.807, 2.05) is 0 Å². The number of aromatic nitrogens is 2. The second kappa shape index (κ2) is 4.61. The van der Waals surface area contributed by atoms with Crippen LogP contribution in [0.3, 0.4) is 0 Å². The van der Waals surface area contributed by atoms with Gasteiger partial charge in [0, 0.05) is 13.2 Å². The molecule has 0 aromatic carbocycles. The van der Waals surface area contributed by atoms with Gasteiger partial charge in [-0.1, -0.05) is 0 Å². The maximum absolute atomic E-state index is 11.8. The molecule has 7 heteroatoms. The van der Waals surface area contributed by atoms with Gasteiger partial charge in [0.2, 0.25) is 0 Å². The highest BCUT2D eigenvalue weighted by Crippen LogP contribution is 2.26. The van der Waals surface area contributed by atoms with Gasteiger partial charge in [0.25, 0.3) is 5.91 Å². The number of carbonyl (C=O) groups excluding carboxylic acids is 1. The minimum Gasteiger partial charge on any atom is -0.477 e. The normalized spacial score (nSPS) is 10.3. The van der Waals surface area contributed by atoms with E-state index in [-0.39, 0.29) is 10.8 Å². The molecule has 0 aliphatic heterocycles. The van der Waals surface area contributed by atoms with Crippen molar-refractivity contribution in [2.45, 2.75) is 6.92 Å². The first-order valence-corrected chi connectivity index (χ1v) is 5.93. The lowest BCUT2D eigenvalue weighted by atomic mass is 10.3. The molecule has 0 unspecified atom stereocenters. The summed E-state index contributed by atoms with van der Waals surface area (Å²) in [4.78, 5) is 22.9. The Morgan fingerprint density at radius 3 is 2.72 bits per heavy atom. The molecule has 0 fully saturated rings. The van der Waals surface area contributed by atoms with E-state index in [4.69, 9.17) is 5.11 Å². The Labute approximate surface area is 107 Å². The minimum absolute atomic E-state index is 0.228. The van der Waals surface area contributed by atoms with Crippen molar-refractivity contribution in [1.29, 1.82) is 0 Å². The van der Waals surface area contributed by atoms with Crippen LogP contribution < -0.4 is 5.32 Å². The molecule has 2 heterocycles. The molecule has 0 aliphatic rings. The maximum atomic E-state index is 11.8. The number of hydrogen-bond acceptors (Lipinski definition) is 4. The molecule has 18 heavy (non-hydrogen) atoms. The standard InChI is InChI=1S/C11H11N3O3S/c1-6-5-8(18-9(6)11(16)17)12-10(15)7-3-4-14(2)13-7/h3-5H,1-2H3,(H,12,15)(H,16,17). The van der Waals surface area contributed by atoms with Crippen molar-refractivity contribution >= 4 is 28.2 Å². The van der Waals surface area contributed by atoms with Crippen molar-refractivity contribution in [2.24, 2.45) is 7.05 Å². The van der Waals surface area contributed by atoms with Crippen LogP contribution in [0.2, 0.25) is 0 Å². The third-order valence-corrected chi connectivity index (χ3v) is 3.44. The van der Waals surface area contributed by atoms with Crippen molar-refractivity contribution in [1.82, 2.24) is 9.78 Å². The zero-order chi connectivity index (χ0) is 13.3. The van der Waals surface area contributed by atoms with Crippen molar-refractivity contribution < 1.29 is 14.7 Å². The van der Waals surface area contributed by atoms with Crippen LogP contribution in [-0.4, -0.2) is 26.8 Å². The average molecular weight is 265 g/mol. The number of carboxylic acid groups (broad SMARTS) is 1. The van der Waals surface area contributed by atoms with Gasteiger partial charge in [0.1, 0.15) is 4.88 Å². The average Bonchev–Trinajstić information content (AvgIpc) is 2.85. The Morgan fingerprint density at radius 2 is 2.22 bits per heavy atom. The van der Waals surface area contributed by atoms with Crippen LogP contribution in [0.1, 0.15) is 25.7 Å². The molecule has 0 bridgehead atoms. The number of amides is 1. The summed E-state index contributed by atoms with van der Waals surface area (Å²) in [6.07, 6.45) is 1.66. The fourth-order valence-corrected chi connectivity index (χ4v) is 2.37. The zero-order valence-corrected chi connectivity index (χ0v) is 10.6. The molecule has 1 amide bonds. The number of nitrogens with zero attached hydrogens (tertiary/aromatic N) is 2. The fraction of sp³-hybridized carbons (Fsp3) is 0.182. The Morgan fingerprint density at radius 1 is 1.50 bits per heavy atom. The maximum Gasteiger partial charge on any atom is 0.346 e. The molecule has 2 rings (SSSR count). The summed E-state index contributed by atoms with van der Waals surface area (Å²) in [6.45, 7) is 1.69. The molecule has 0 radical (unpaired) electrons. The van der Waals surface area contributed by atoms with Gasteiger partial charge in [0.05, 0.1) is 5.00 Å². The summed E-state index contributed by atoms with van der Waals surface area (Å²) in [5.74, 6) is -1.34. The highest BCUT2D eigenvalue weighted by molar-refractivity contribution is 7.18. The molecule has 0 saturated heterocycles. The van der Waals surface area contributed by atoms with E-state index < -0.39 is 5.97 Å². The Balaban J connectivity index is 2.17. The lowest BCUT2D eigenvalue weighted by molar-refractivity contribution is 0.0701. The Bertz CT molecular complexity index is 615. The molecular weight excluding hydrogens is 254 g/mol. The lowest BCUT2D eigenvalue weighted by Crippen LogP contribution is -2.12. The summed E-state index contributed by atoms with van der Waals surface area (Å²) in [6, 6.07) is 3.23. The van der Waals surface area contributed by atoms with E-state index in [1.54, 1.807) is 32.3 Å². The number of carboxylic acids is 1. The summed E-state index contributed by atoms with van der Waals surface area (Å²) >= 11 is 1.03. The van der Waals surface area contributed by atoms with Gasteiger partial charge in [-0.15, -0.1) is 11.3 Å². The number of carbonyl (C=O) groups is 2. The third-order valence-electron chi connectivity index (χ3n) is 2.30. The molecule has 2 aromatic rings. The van der Waals surface area contributed by atoms with E-state index in [0.29, 0.717) is 16.3 Å². The van der Waals surface area contributed by atoms with Crippen molar-refractivity contribution in [3.05, 3.63) is 34.5 Å². The number of rotatable bonds is 3. The molecule has 6 nitrogen and oxygen atoms in total. The van der Waals surface area contributed by atoms with Crippen molar-refractivity contribution in [3.8, 4) is 0 Å². The van der Waals surface area contributed by atoms with Gasteiger partial charge in [0.15, 0.2) is 5.69 Å². The second-order valence-electron chi connectivity index (χ2n) is 3.76. The van der Waals surface area contributed by atoms with Gasteiger partial charge in [-0.3, -0.25) is 9.48 Å². The van der Waals surface area contributed by atoms with E-state index >= 15 is 0 Å². The van der Waals surface area contributed by atoms with Crippen molar-refractivity contribution in [2.75, 3.05) is 5.32 Å². The Kier molecular flexibility index (Phi) is 3.15. The molecule has 94 valence electrons. The smallest absolute Gasteiger partial charge is 0.346 e. The topological polar surface area (TPSA) is 84.2 Å². The zero-order valence-electron chi connectivity index (χ0n) is 9.80. The first kappa shape index (κ1) is 12.3. The monoisotopic (exact) mass is 265 g/mol. The summed E-state index contributed by atoms with van der Waals surface area (Å²) in [5, 5.41) is 16.0. The molecular formula is C11H11N3O3S. The first-order chi connectivity index (χ1) is 8.47. The van der Waals surface area contributed by atoms with Gasteiger partial charge in [-0.2, -0.15) is 5.10 Å². The summed E-state index contributed by atoms with van der Waals surface area (Å²) in [5.41, 5.74) is 0.921. The van der Waals surface area contributed by atoms with E-state index in [1.165, 1.54) is 4.68 Å². The number of thiophene rings is 1. The second-order valence-corrected chi connectivity index (χ2v) is 4.81. The molecule has 0 spiro atoms. The van der Waals surface area contributed by atoms with Crippen LogP contribution in [0.4, 0.5) is 5.00 Å². The van der Waals surface area contributed by atoms with Gasteiger partial charge < -0.3 is 10.4 Å². The van der Waals surface area contributed by atoms with Gasteiger partial charge in [-0.25, -0.2) is 4.79 Å². The van der Waals surface area contributed by atoms with Crippen LogP contribution in [0.15, 0.2) is 18.3 Å². The quantitative estimate of drug-likeness (QED) is 0.885. The van der Waals surface area contributed by atoms with E-state index in [9.17, 15) is 9.59 Å². The largest absolute Gasteiger partial charge is 0.477 e. The number of aryl methyl sites for hydroxylation is 2. The minimum atomic E-state index is -0.990. The molecule has 0 aliphatic carbocycles. The molecule has 2 aromatic heterocycles. The van der Waals surface area contributed by atoms with E-state index in [0.717, 1.165) is 11.3 Å². The number of anilines is 1. The number of nitrogens with one attached hydrogen (secondary N) is 1. The first-order valence-electron chi connectivity index (χ1n) is 5.12. The van der Waals surface area contributed by atoms with Gasteiger partial charge in [-0.05, 0) is 24.6 Å². The van der Waals surface area contributed by atoms with Crippen LogP contribution in [0.25, 0.3) is 0 Å². The predicted octanol–water partition coefficient (Wildman–Crippen LogP) is 1.74. The lowest BCUT2D eigenvalue weighted by Gasteiger charge is -1.98. The summed E-state index contributed by atoms with van der Waals surface area (Å²) in [7, 11) is 1.72. The summed E-state index contributed by atoms with van der Waals surface area (Å²) < 4.78 is 1.53. The van der Waals surface area contributed by atoms with Crippen LogP contribution in [0.5, 0.6) is 0 Å². The highest BCUT2D eigenvalue weighted by atomic mass is 32.1. The van der Waals surface area contributed by atoms with Crippen LogP contribution in [-0.2, 0) is 7.05 Å². The van der Waals surface area contributed by atoms with Gasteiger partial charge >= 0.3 is 5.97 Å². The van der Waals surface area contributed by atoms with Crippen LogP contribution >= 0.6 is 11.3 Å². The number of aromatic carboxylic acids is 1. The molecule has 2 N–H and O–H groups in total. The third kappa shape index (κ3) is 2.40.